The van der Waals surface area contributed by atoms with E-state index < -0.39 is 0 Å². The van der Waals surface area contributed by atoms with Gasteiger partial charge in [-0.3, -0.25) is 0 Å². The van der Waals surface area contributed by atoms with E-state index in [4.69, 9.17) is 5.73 Å². The summed E-state index contributed by atoms with van der Waals surface area (Å²) in [6.45, 7) is 0.741. The van der Waals surface area contributed by atoms with Crippen molar-refractivity contribution >= 4 is 0 Å². The first-order chi connectivity index (χ1) is 7.84. The van der Waals surface area contributed by atoms with Crippen LogP contribution in [0.4, 0.5) is 0 Å². The summed E-state index contributed by atoms with van der Waals surface area (Å²) in [5.41, 5.74) is 7.40. The van der Waals surface area contributed by atoms with E-state index in [0.29, 0.717) is 0 Å². The van der Waals surface area contributed by atoms with Crippen LogP contribution in [0.2, 0.25) is 0 Å². The molecule has 0 spiro atoms. The lowest BCUT2D eigenvalue weighted by Crippen LogP contribution is -2.21. The van der Waals surface area contributed by atoms with Crippen LogP contribution < -0.4 is 5.73 Å². The van der Waals surface area contributed by atoms with Crippen molar-refractivity contribution in [2.24, 2.45) is 5.73 Å². The molecule has 0 aromatic carbocycles. The van der Waals surface area contributed by atoms with Crippen molar-refractivity contribution in [3.63, 3.8) is 0 Å². The Morgan fingerprint density at radius 1 is 1.31 bits per heavy atom. The molecule has 0 radical (unpaired) electrons. The summed E-state index contributed by atoms with van der Waals surface area (Å²) in [6, 6.07) is 0. The Morgan fingerprint density at radius 3 is 2.69 bits per heavy atom. The van der Waals surface area contributed by atoms with Crippen molar-refractivity contribution in [2.45, 2.75) is 56.3 Å². The van der Waals surface area contributed by atoms with Gasteiger partial charge in [0.1, 0.15) is 5.82 Å². The van der Waals surface area contributed by atoms with Crippen molar-refractivity contribution in [3.05, 3.63) is 17.7 Å². The second kappa shape index (κ2) is 3.88. The summed E-state index contributed by atoms with van der Waals surface area (Å²) in [5, 5.41) is 0. The smallest absolute Gasteiger partial charge is 0.113 e. The van der Waals surface area contributed by atoms with Crippen LogP contribution in [0.15, 0.2) is 6.20 Å². The number of rotatable bonds is 3. The van der Waals surface area contributed by atoms with Gasteiger partial charge in [0.25, 0.3) is 0 Å². The summed E-state index contributed by atoms with van der Waals surface area (Å²) >= 11 is 0. The van der Waals surface area contributed by atoms with E-state index in [2.05, 4.69) is 16.2 Å². The van der Waals surface area contributed by atoms with Gasteiger partial charge in [-0.1, -0.05) is 19.3 Å². The number of aromatic nitrogens is 2. The fraction of sp³-hybridized carbons (Fsp3) is 0.769. The summed E-state index contributed by atoms with van der Waals surface area (Å²) in [6.07, 6.45) is 11.3. The van der Waals surface area contributed by atoms with E-state index in [1.165, 1.54) is 50.6 Å². The molecule has 0 aliphatic heterocycles. The molecule has 0 amide bonds. The van der Waals surface area contributed by atoms with Crippen LogP contribution in [-0.4, -0.2) is 16.5 Å². The summed E-state index contributed by atoms with van der Waals surface area (Å²) in [7, 11) is 0. The van der Waals surface area contributed by atoms with Gasteiger partial charge in [0.2, 0.25) is 0 Å². The molecule has 1 heterocycles. The van der Waals surface area contributed by atoms with Gasteiger partial charge in [-0.25, -0.2) is 4.98 Å². The largest absolute Gasteiger partial charge is 0.345 e. The number of hydrogen-bond donors (Lipinski definition) is 2. The molecule has 3 N–H and O–H groups in total. The van der Waals surface area contributed by atoms with Gasteiger partial charge in [0, 0.05) is 29.8 Å². The highest BCUT2D eigenvalue weighted by molar-refractivity contribution is 5.22. The maximum absolute atomic E-state index is 5.83. The number of nitrogens with two attached hydrogens (primary N) is 1. The average molecular weight is 219 g/mol. The molecule has 88 valence electrons. The third kappa shape index (κ3) is 1.67. The molecule has 0 bridgehead atoms. The molecule has 0 unspecified atom stereocenters. The highest BCUT2D eigenvalue weighted by Crippen LogP contribution is 2.46. The second-order valence-corrected chi connectivity index (χ2v) is 5.51. The van der Waals surface area contributed by atoms with E-state index in [0.717, 1.165) is 18.3 Å². The topological polar surface area (TPSA) is 54.7 Å². The lowest BCUT2D eigenvalue weighted by atomic mass is 9.87. The van der Waals surface area contributed by atoms with Crippen molar-refractivity contribution in [1.29, 1.82) is 0 Å². The molecule has 1 aromatic heterocycles. The monoisotopic (exact) mass is 219 g/mol. The molecule has 3 nitrogen and oxygen atoms in total. The number of nitrogens with zero attached hydrogens (tertiary/aromatic N) is 1. The molecule has 3 heteroatoms. The van der Waals surface area contributed by atoms with Gasteiger partial charge in [-0.2, -0.15) is 0 Å². The first-order valence-electron chi connectivity index (χ1n) is 6.59. The Morgan fingerprint density at radius 2 is 2.06 bits per heavy atom. The maximum atomic E-state index is 5.83. The molecule has 0 saturated heterocycles. The number of H-pyrrole nitrogens is 1. The molecule has 2 aliphatic carbocycles. The van der Waals surface area contributed by atoms with Crippen LogP contribution in [0.5, 0.6) is 0 Å². The van der Waals surface area contributed by atoms with Gasteiger partial charge in [0.15, 0.2) is 0 Å². The molecule has 0 atom stereocenters. The molecule has 1 aromatic rings. The summed E-state index contributed by atoms with van der Waals surface area (Å²) < 4.78 is 0. The van der Waals surface area contributed by atoms with Crippen LogP contribution in [0.3, 0.4) is 0 Å². The second-order valence-electron chi connectivity index (χ2n) is 5.51. The van der Waals surface area contributed by atoms with Gasteiger partial charge >= 0.3 is 0 Å². The maximum Gasteiger partial charge on any atom is 0.113 e. The Balaban J connectivity index is 1.77. The predicted octanol–water partition coefficient (Wildman–Crippen LogP) is 2.45. The fourth-order valence-electron chi connectivity index (χ4n) is 2.91. The van der Waals surface area contributed by atoms with E-state index in [9.17, 15) is 0 Å². The van der Waals surface area contributed by atoms with Gasteiger partial charge in [-0.15, -0.1) is 0 Å². The van der Waals surface area contributed by atoms with Crippen molar-refractivity contribution in [2.75, 3.05) is 6.54 Å². The van der Waals surface area contributed by atoms with Crippen LogP contribution in [0.1, 0.15) is 62.4 Å². The third-order valence-corrected chi connectivity index (χ3v) is 4.39. The molecule has 16 heavy (non-hydrogen) atoms. The molecular weight excluding hydrogens is 198 g/mol. The first kappa shape index (κ1) is 10.3. The highest BCUT2D eigenvalue weighted by Gasteiger charge is 2.45. The predicted molar refractivity (Wildman–Crippen MR) is 64.4 cm³/mol. The Labute approximate surface area is 96.8 Å². The zero-order valence-electron chi connectivity index (χ0n) is 9.84. The standard InChI is InChI=1S/C13H21N3/c14-9-13(6-7-13)12-15-8-11(16-12)10-4-2-1-3-5-10/h8,10H,1-7,9,14H2,(H,15,16). The van der Waals surface area contributed by atoms with Gasteiger partial charge < -0.3 is 10.7 Å². The fourth-order valence-corrected chi connectivity index (χ4v) is 2.91. The number of hydrogen-bond acceptors (Lipinski definition) is 2. The zero-order valence-corrected chi connectivity index (χ0v) is 9.84. The minimum Gasteiger partial charge on any atom is -0.345 e. The van der Waals surface area contributed by atoms with Crippen LogP contribution in [0.25, 0.3) is 0 Å². The summed E-state index contributed by atoms with van der Waals surface area (Å²) in [4.78, 5) is 8.11. The SMILES string of the molecule is NCC1(c2ncc(C3CCCCC3)[nH]2)CC1. The number of aromatic amines is 1. The number of imidazole rings is 1. The molecule has 3 rings (SSSR count). The molecule has 2 aliphatic rings. The van der Waals surface area contributed by atoms with Gasteiger partial charge in [-0.05, 0) is 25.7 Å². The third-order valence-electron chi connectivity index (χ3n) is 4.39. The van der Waals surface area contributed by atoms with Crippen molar-refractivity contribution in [3.8, 4) is 0 Å². The van der Waals surface area contributed by atoms with Crippen molar-refractivity contribution in [1.82, 2.24) is 9.97 Å². The average Bonchev–Trinajstić information content (AvgIpc) is 3.00. The normalized spacial score (nSPS) is 24.6. The van der Waals surface area contributed by atoms with Crippen LogP contribution in [0, 0.1) is 0 Å². The lowest BCUT2D eigenvalue weighted by molar-refractivity contribution is 0.437. The zero-order chi connectivity index (χ0) is 11.0. The van der Waals surface area contributed by atoms with E-state index in [-0.39, 0.29) is 5.41 Å². The minimum atomic E-state index is 0.215. The molecule has 2 saturated carbocycles. The first-order valence-corrected chi connectivity index (χ1v) is 6.59. The van der Waals surface area contributed by atoms with Gasteiger partial charge in [0.05, 0.1) is 0 Å². The lowest BCUT2D eigenvalue weighted by Gasteiger charge is -2.20. The highest BCUT2D eigenvalue weighted by atomic mass is 15.0. The van der Waals surface area contributed by atoms with Crippen molar-refractivity contribution < 1.29 is 0 Å². The molecular formula is C13H21N3. The Hall–Kier alpha value is -0.830. The quantitative estimate of drug-likeness (QED) is 0.820. The molecule has 2 fully saturated rings. The van der Waals surface area contributed by atoms with E-state index in [1.54, 1.807) is 0 Å². The Bertz CT molecular complexity index is 359. The van der Waals surface area contributed by atoms with Crippen LogP contribution >= 0.6 is 0 Å². The van der Waals surface area contributed by atoms with Crippen LogP contribution in [-0.2, 0) is 5.41 Å². The van der Waals surface area contributed by atoms with E-state index in [1.807, 2.05) is 0 Å². The number of nitrogens with one attached hydrogen (secondary N) is 1. The summed E-state index contributed by atoms with van der Waals surface area (Å²) in [5.74, 6) is 1.87. The van der Waals surface area contributed by atoms with E-state index >= 15 is 0 Å². The Kier molecular flexibility index (Phi) is 2.51. The minimum absolute atomic E-state index is 0.215.